The highest BCUT2D eigenvalue weighted by Crippen LogP contribution is 2.27. The molecule has 1 fully saturated rings. The Morgan fingerprint density at radius 2 is 1.62 bits per heavy atom. The first kappa shape index (κ1) is 17.7. The summed E-state index contributed by atoms with van der Waals surface area (Å²) in [4.78, 5) is 26.5. The zero-order chi connectivity index (χ0) is 15.7. The molecule has 1 rings (SSSR count). The van der Waals surface area contributed by atoms with Gasteiger partial charge in [0.25, 0.3) is 0 Å². The maximum Gasteiger partial charge on any atom is 0.323 e. The van der Waals surface area contributed by atoms with Crippen molar-refractivity contribution in [1.29, 1.82) is 0 Å². The van der Waals surface area contributed by atoms with Crippen LogP contribution in [0.3, 0.4) is 0 Å². The molecule has 0 saturated heterocycles. The van der Waals surface area contributed by atoms with Gasteiger partial charge in [0.05, 0.1) is 13.2 Å². The molecule has 0 aliphatic heterocycles. The molecule has 21 heavy (non-hydrogen) atoms. The Morgan fingerprint density at radius 3 is 2.00 bits per heavy atom. The van der Waals surface area contributed by atoms with Crippen LogP contribution >= 0.6 is 0 Å². The predicted molar refractivity (Wildman–Crippen MR) is 77.3 cm³/mol. The van der Waals surface area contributed by atoms with E-state index in [-0.39, 0.29) is 18.6 Å². The lowest BCUT2D eigenvalue weighted by molar-refractivity contribution is -0.137. The average molecular weight is 302 g/mol. The van der Waals surface area contributed by atoms with E-state index in [0.717, 1.165) is 12.8 Å². The summed E-state index contributed by atoms with van der Waals surface area (Å²) in [6.45, 7) is 6.51. The van der Waals surface area contributed by atoms with Crippen LogP contribution in [0.4, 0.5) is 4.79 Å². The van der Waals surface area contributed by atoms with Crippen LogP contribution in [-0.2, 0) is 14.3 Å². The monoisotopic (exact) mass is 302 g/mol. The maximum absolute atomic E-state index is 12.5. The van der Waals surface area contributed by atoms with E-state index in [0.29, 0.717) is 39.5 Å². The Hall–Kier alpha value is -1.34. The van der Waals surface area contributed by atoms with Crippen molar-refractivity contribution >= 4 is 12.0 Å². The van der Waals surface area contributed by atoms with Crippen LogP contribution in [0.2, 0.25) is 0 Å². The molecule has 0 heterocycles. The number of carboxylic acids is 1. The number of carbonyl (C=O) groups excluding carboxylic acids is 1. The number of hydrogen-bond donors (Lipinski definition) is 1. The number of carboxylic acid groups (broad SMARTS) is 1. The van der Waals surface area contributed by atoms with Crippen molar-refractivity contribution in [1.82, 2.24) is 9.80 Å². The van der Waals surface area contributed by atoms with Crippen molar-refractivity contribution in [3.05, 3.63) is 0 Å². The first-order valence-corrected chi connectivity index (χ1v) is 7.52. The topological polar surface area (TPSA) is 79.3 Å². The van der Waals surface area contributed by atoms with Crippen LogP contribution in [0.5, 0.6) is 0 Å². The van der Waals surface area contributed by atoms with Crippen LogP contribution in [-0.4, -0.2) is 79.0 Å². The van der Waals surface area contributed by atoms with Gasteiger partial charge in [-0.1, -0.05) is 0 Å². The van der Waals surface area contributed by atoms with Crippen LogP contribution in [0.15, 0.2) is 0 Å². The second kappa shape index (κ2) is 9.57. The molecule has 0 radical (unpaired) electrons. The lowest BCUT2D eigenvalue weighted by Crippen LogP contribution is -2.48. The van der Waals surface area contributed by atoms with Gasteiger partial charge >= 0.3 is 12.0 Å². The van der Waals surface area contributed by atoms with E-state index < -0.39 is 5.97 Å². The molecular formula is C14H26N2O5. The van der Waals surface area contributed by atoms with Crippen LogP contribution in [0.25, 0.3) is 0 Å². The molecule has 7 heteroatoms. The SMILES string of the molecule is CCOCCN(CCOCC)C(=O)N(CC(=O)O)C1CC1. The highest BCUT2D eigenvalue weighted by molar-refractivity contribution is 5.80. The highest BCUT2D eigenvalue weighted by Gasteiger charge is 2.35. The Bertz CT molecular complexity index is 323. The second-order valence-electron chi connectivity index (χ2n) is 4.92. The average Bonchev–Trinajstić information content (AvgIpc) is 3.27. The Kier molecular flexibility index (Phi) is 8.07. The van der Waals surface area contributed by atoms with Gasteiger partial charge in [-0.2, -0.15) is 0 Å². The summed E-state index contributed by atoms with van der Waals surface area (Å²) in [5, 5.41) is 8.96. The lowest BCUT2D eigenvalue weighted by Gasteiger charge is -2.29. The van der Waals surface area contributed by atoms with Gasteiger partial charge < -0.3 is 24.4 Å². The zero-order valence-electron chi connectivity index (χ0n) is 12.9. The number of hydrogen-bond acceptors (Lipinski definition) is 4. The number of nitrogens with zero attached hydrogens (tertiary/aromatic N) is 2. The number of carbonyl (C=O) groups is 2. The van der Waals surface area contributed by atoms with E-state index in [1.54, 1.807) is 4.90 Å². The summed E-state index contributed by atoms with van der Waals surface area (Å²) >= 11 is 0. The Balaban J connectivity index is 2.58. The minimum absolute atomic E-state index is 0.0651. The van der Waals surface area contributed by atoms with Crippen molar-refractivity contribution in [2.75, 3.05) is 46.1 Å². The van der Waals surface area contributed by atoms with E-state index >= 15 is 0 Å². The second-order valence-corrected chi connectivity index (χ2v) is 4.92. The zero-order valence-corrected chi connectivity index (χ0v) is 12.9. The molecule has 7 nitrogen and oxygen atoms in total. The summed E-state index contributed by atoms with van der Waals surface area (Å²) in [7, 11) is 0. The lowest BCUT2D eigenvalue weighted by atomic mass is 10.4. The summed E-state index contributed by atoms with van der Waals surface area (Å²) in [6, 6.07) is -0.172. The molecule has 2 amide bonds. The van der Waals surface area contributed by atoms with Crippen molar-refractivity contribution in [3.63, 3.8) is 0 Å². The molecule has 0 aromatic carbocycles. The number of urea groups is 1. The highest BCUT2D eigenvalue weighted by atomic mass is 16.5. The molecule has 1 saturated carbocycles. The Morgan fingerprint density at radius 1 is 1.10 bits per heavy atom. The molecule has 122 valence electrons. The first-order valence-electron chi connectivity index (χ1n) is 7.52. The maximum atomic E-state index is 12.5. The van der Waals surface area contributed by atoms with E-state index in [4.69, 9.17) is 14.6 Å². The third kappa shape index (κ3) is 6.77. The van der Waals surface area contributed by atoms with Gasteiger partial charge in [0, 0.05) is 32.3 Å². The summed E-state index contributed by atoms with van der Waals surface area (Å²) < 4.78 is 10.6. The first-order chi connectivity index (χ1) is 10.1. The van der Waals surface area contributed by atoms with Gasteiger partial charge in [-0.25, -0.2) is 4.79 Å². The number of ether oxygens (including phenoxy) is 2. The van der Waals surface area contributed by atoms with E-state index in [1.807, 2.05) is 13.8 Å². The van der Waals surface area contributed by atoms with Gasteiger partial charge in [-0.3, -0.25) is 4.79 Å². The fourth-order valence-corrected chi connectivity index (χ4v) is 2.01. The van der Waals surface area contributed by atoms with Gasteiger partial charge in [0.1, 0.15) is 6.54 Å². The third-order valence-electron chi connectivity index (χ3n) is 3.23. The van der Waals surface area contributed by atoms with Crippen LogP contribution in [0, 0.1) is 0 Å². The standard InChI is InChI=1S/C14H26N2O5/c1-3-20-9-7-15(8-10-21-4-2)14(19)16(11-13(17)18)12-5-6-12/h12H,3-11H2,1-2H3,(H,17,18). The largest absolute Gasteiger partial charge is 0.480 e. The molecule has 0 unspecified atom stereocenters. The van der Waals surface area contributed by atoms with E-state index in [2.05, 4.69) is 0 Å². The van der Waals surface area contributed by atoms with Crippen LogP contribution in [0.1, 0.15) is 26.7 Å². The minimum atomic E-state index is -0.982. The van der Waals surface area contributed by atoms with Crippen molar-refractivity contribution in [2.45, 2.75) is 32.7 Å². The van der Waals surface area contributed by atoms with Gasteiger partial charge in [-0.05, 0) is 26.7 Å². The molecule has 1 N–H and O–H groups in total. The summed E-state index contributed by atoms with van der Waals surface area (Å²) in [6.07, 6.45) is 1.76. The van der Waals surface area contributed by atoms with Crippen LogP contribution < -0.4 is 0 Å². The molecule has 0 bridgehead atoms. The normalized spacial score (nSPS) is 14.0. The number of aliphatic carboxylic acids is 1. The number of rotatable bonds is 11. The van der Waals surface area contributed by atoms with Gasteiger partial charge in [0.15, 0.2) is 0 Å². The van der Waals surface area contributed by atoms with Crippen molar-refractivity contribution in [2.24, 2.45) is 0 Å². The van der Waals surface area contributed by atoms with Gasteiger partial charge in [-0.15, -0.1) is 0 Å². The minimum Gasteiger partial charge on any atom is -0.480 e. The molecule has 0 atom stereocenters. The van der Waals surface area contributed by atoms with Crippen molar-refractivity contribution < 1.29 is 24.2 Å². The summed E-state index contributed by atoms with van der Waals surface area (Å²) in [5.41, 5.74) is 0. The van der Waals surface area contributed by atoms with E-state index in [1.165, 1.54) is 4.90 Å². The number of amides is 2. The molecule has 0 spiro atoms. The molecule has 0 aromatic heterocycles. The molecule has 0 aromatic rings. The third-order valence-corrected chi connectivity index (χ3v) is 3.23. The van der Waals surface area contributed by atoms with E-state index in [9.17, 15) is 9.59 Å². The fraction of sp³-hybridized carbons (Fsp3) is 0.857. The quantitative estimate of drug-likeness (QED) is 0.577. The molecule has 1 aliphatic carbocycles. The van der Waals surface area contributed by atoms with Crippen molar-refractivity contribution in [3.8, 4) is 0 Å². The van der Waals surface area contributed by atoms with Gasteiger partial charge in [0.2, 0.25) is 0 Å². The molecular weight excluding hydrogens is 276 g/mol. The molecule has 1 aliphatic rings. The smallest absolute Gasteiger partial charge is 0.323 e. The Labute approximate surface area is 125 Å². The predicted octanol–water partition coefficient (Wildman–Crippen LogP) is 1.03. The fourth-order valence-electron chi connectivity index (χ4n) is 2.01. The summed E-state index contributed by atoms with van der Waals surface area (Å²) in [5.74, 6) is -0.982.